The molecule has 0 aliphatic carbocycles. The van der Waals surface area contributed by atoms with Crippen molar-refractivity contribution in [3.63, 3.8) is 0 Å². The molecule has 2 nitrogen and oxygen atoms in total. The van der Waals surface area contributed by atoms with E-state index >= 15 is 0 Å². The van der Waals surface area contributed by atoms with Crippen LogP contribution in [0.25, 0.3) is 0 Å². The first-order valence-electron chi connectivity index (χ1n) is 4.97. The Morgan fingerprint density at radius 3 is 2.93 bits per heavy atom. The Morgan fingerprint density at radius 1 is 1.50 bits per heavy atom. The summed E-state index contributed by atoms with van der Waals surface area (Å²) in [5.41, 5.74) is 2.30. The molecule has 2 rings (SSSR count). The lowest BCUT2D eigenvalue weighted by atomic mass is 10.0. The maximum atomic E-state index is 6.02. The average Bonchev–Trinajstić information content (AvgIpc) is 2.09. The summed E-state index contributed by atoms with van der Waals surface area (Å²) in [5.74, 6) is 0.772. The third-order valence-corrected chi connectivity index (χ3v) is 3.12. The van der Waals surface area contributed by atoms with E-state index in [1.165, 1.54) is 0 Å². The molecule has 1 aliphatic rings. The third-order valence-electron chi connectivity index (χ3n) is 2.71. The van der Waals surface area contributed by atoms with E-state index in [-0.39, 0.29) is 0 Å². The molecule has 1 heterocycles. The lowest BCUT2D eigenvalue weighted by molar-refractivity contribution is 0.365. The Morgan fingerprint density at radius 2 is 2.29 bits per heavy atom. The van der Waals surface area contributed by atoms with Gasteiger partial charge in [-0.15, -0.1) is 0 Å². The van der Waals surface area contributed by atoms with Gasteiger partial charge in [0.1, 0.15) is 0 Å². The van der Waals surface area contributed by atoms with Crippen LogP contribution in [0.15, 0.2) is 18.2 Å². The zero-order valence-electron chi connectivity index (χ0n) is 8.31. The highest BCUT2D eigenvalue weighted by Gasteiger charge is 2.16. The first-order chi connectivity index (χ1) is 6.77. The van der Waals surface area contributed by atoms with E-state index in [0.717, 1.165) is 41.8 Å². The molecule has 1 aromatic rings. The Kier molecular flexibility index (Phi) is 2.94. The van der Waals surface area contributed by atoms with Gasteiger partial charge in [-0.1, -0.05) is 17.7 Å². The molecular weight excluding hydrogens is 196 g/mol. The van der Waals surface area contributed by atoms with E-state index in [4.69, 9.17) is 11.6 Å². The van der Waals surface area contributed by atoms with Crippen LogP contribution in [0.1, 0.15) is 5.56 Å². The fourth-order valence-corrected chi connectivity index (χ4v) is 1.72. The number of anilines is 1. The van der Waals surface area contributed by atoms with Crippen LogP contribution in [-0.4, -0.2) is 19.6 Å². The Labute approximate surface area is 89.7 Å². The maximum absolute atomic E-state index is 6.02. The minimum Gasteiger partial charge on any atom is -0.384 e. The Bertz CT molecular complexity index is 321. The van der Waals surface area contributed by atoms with Crippen molar-refractivity contribution in [3.05, 3.63) is 28.8 Å². The van der Waals surface area contributed by atoms with Crippen molar-refractivity contribution in [3.8, 4) is 0 Å². The van der Waals surface area contributed by atoms with Crippen molar-refractivity contribution in [1.29, 1.82) is 0 Å². The fourth-order valence-electron chi connectivity index (χ4n) is 1.55. The molecule has 0 atom stereocenters. The maximum Gasteiger partial charge on any atom is 0.0455 e. The van der Waals surface area contributed by atoms with Crippen LogP contribution >= 0.6 is 11.6 Å². The molecule has 14 heavy (non-hydrogen) atoms. The third kappa shape index (κ3) is 2.02. The van der Waals surface area contributed by atoms with Gasteiger partial charge in [-0.25, -0.2) is 0 Å². The lowest BCUT2D eigenvalue weighted by Crippen LogP contribution is -2.45. The highest BCUT2D eigenvalue weighted by atomic mass is 35.5. The Balaban J connectivity index is 1.97. The molecule has 0 amide bonds. The second-order valence-electron chi connectivity index (χ2n) is 3.82. The van der Waals surface area contributed by atoms with Crippen LogP contribution in [-0.2, 0) is 0 Å². The number of hydrogen-bond acceptors (Lipinski definition) is 2. The Hall–Kier alpha value is -0.730. The molecule has 0 aromatic heterocycles. The quantitative estimate of drug-likeness (QED) is 0.800. The summed E-state index contributed by atoms with van der Waals surface area (Å²) in [5, 5.41) is 7.52. The highest BCUT2D eigenvalue weighted by molar-refractivity contribution is 6.31. The summed E-state index contributed by atoms with van der Waals surface area (Å²) in [6.45, 7) is 5.34. The van der Waals surface area contributed by atoms with Gasteiger partial charge in [-0.3, -0.25) is 0 Å². The molecule has 1 aromatic carbocycles. The van der Waals surface area contributed by atoms with Crippen molar-refractivity contribution >= 4 is 17.3 Å². The second-order valence-corrected chi connectivity index (χ2v) is 4.22. The predicted molar refractivity (Wildman–Crippen MR) is 61.0 cm³/mol. The molecule has 0 radical (unpaired) electrons. The predicted octanol–water partition coefficient (Wildman–Crippen LogP) is 2.28. The van der Waals surface area contributed by atoms with Crippen LogP contribution in [0.2, 0.25) is 5.02 Å². The number of hydrogen-bond donors (Lipinski definition) is 2. The zero-order valence-corrected chi connectivity index (χ0v) is 9.06. The van der Waals surface area contributed by atoms with Crippen LogP contribution in [0.4, 0.5) is 5.69 Å². The summed E-state index contributed by atoms with van der Waals surface area (Å²) in [6.07, 6.45) is 0. The van der Waals surface area contributed by atoms with Gasteiger partial charge in [0.15, 0.2) is 0 Å². The molecule has 76 valence electrons. The van der Waals surface area contributed by atoms with Gasteiger partial charge in [0.2, 0.25) is 0 Å². The van der Waals surface area contributed by atoms with E-state index in [1.807, 2.05) is 19.1 Å². The molecular formula is C11H15ClN2. The minimum absolute atomic E-state index is 0.772. The second kappa shape index (κ2) is 4.20. The van der Waals surface area contributed by atoms with E-state index in [1.54, 1.807) is 0 Å². The smallest absolute Gasteiger partial charge is 0.0455 e. The fraction of sp³-hybridized carbons (Fsp3) is 0.455. The summed E-state index contributed by atoms with van der Waals surface area (Å²) in [7, 11) is 0. The monoisotopic (exact) mass is 210 g/mol. The van der Waals surface area contributed by atoms with Gasteiger partial charge in [0.05, 0.1) is 0 Å². The highest BCUT2D eigenvalue weighted by Crippen LogP contribution is 2.23. The average molecular weight is 211 g/mol. The van der Waals surface area contributed by atoms with Gasteiger partial charge in [-0.05, 0) is 24.6 Å². The molecule has 3 heteroatoms. The molecule has 0 spiro atoms. The van der Waals surface area contributed by atoms with E-state index in [0.29, 0.717) is 0 Å². The molecule has 0 bridgehead atoms. The van der Waals surface area contributed by atoms with Gasteiger partial charge >= 0.3 is 0 Å². The summed E-state index contributed by atoms with van der Waals surface area (Å²) < 4.78 is 0. The van der Waals surface area contributed by atoms with Crippen molar-refractivity contribution < 1.29 is 0 Å². The van der Waals surface area contributed by atoms with Crippen molar-refractivity contribution in [2.75, 3.05) is 25.0 Å². The van der Waals surface area contributed by atoms with Gasteiger partial charge < -0.3 is 10.6 Å². The van der Waals surface area contributed by atoms with E-state index in [2.05, 4.69) is 16.7 Å². The molecule has 1 fully saturated rings. The first-order valence-corrected chi connectivity index (χ1v) is 5.35. The molecule has 0 saturated carbocycles. The summed E-state index contributed by atoms with van der Waals surface area (Å²) >= 11 is 6.02. The normalized spacial score (nSPS) is 16.4. The number of rotatable bonds is 3. The molecule has 1 saturated heterocycles. The molecule has 0 unspecified atom stereocenters. The van der Waals surface area contributed by atoms with Crippen molar-refractivity contribution in [1.82, 2.24) is 5.32 Å². The van der Waals surface area contributed by atoms with E-state index in [9.17, 15) is 0 Å². The van der Waals surface area contributed by atoms with Crippen molar-refractivity contribution in [2.45, 2.75) is 6.92 Å². The van der Waals surface area contributed by atoms with Crippen LogP contribution in [0.5, 0.6) is 0 Å². The zero-order chi connectivity index (χ0) is 9.97. The standard InChI is InChI=1S/C11H15ClN2/c1-8-10(12)3-2-4-11(8)14-7-9-5-13-6-9/h2-4,9,13-14H,5-7H2,1H3. The van der Waals surface area contributed by atoms with Crippen molar-refractivity contribution in [2.24, 2.45) is 5.92 Å². The number of halogens is 1. The van der Waals surface area contributed by atoms with Gasteiger partial charge in [-0.2, -0.15) is 0 Å². The summed E-state index contributed by atoms with van der Waals surface area (Å²) in [4.78, 5) is 0. The van der Waals surface area contributed by atoms with Gasteiger partial charge in [0, 0.05) is 36.3 Å². The number of benzene rings is 1. The first kappa shape index (κ1) is 9.81. The SMILES string of the molecule is Cc1c(Cl)cccc1NCC1CNC1. The van der Waals surface area contributed by atoms with Crippen LogP contribution in [0, 0.1) is 12.8 Å². The molecule has 2 N–H and O–H groups in total. The molecule has 1 aliphatic heterocycles. The number of nitrogens with one attached hydrogen (secondary N) is 2. The van der Waals surface area contributed by atoms with E-state index < -0.39 is 0 Å². The minimum atomic E-state index is 0.772. The van der Waals surface area contributed by atoms with Gasteiger partial charge in [0.25, 0.3) is 0 Å². The largest absolute Gasteiger partial charge is 0.384 e. The summed E-state index contributed by atoms with van der Waals surface area (Å²) in [6, 6.07) is 5.98. The van der Waals surface area contributed by atoms with Crippen LogP contribution in [0.3, 0.4) is 0 Å². The van der Waals surface area contributed by atoms with Crippen LogP contribution < -0.4 is 10.6 Å². The topological polar surface area (TPSA) is 24.1 Å². The lowest BCUT2D eigenvalue weighted by Gasteiger charge is -2.27.